The van der Waals surface area contributed by atoms with E-state index in [1.165, 1.54) is 7.11 Å². The van der Waals surface area contributed by atoms with Crippen LogP contribution in [0.15, 0.2) is 36.5 Å². The van der Waals surface area contributed by atoms with Crippen LogP contribution >= 0.6 is 0 Å². The summed E-state index contributed by atoms with van der Waals surface area (Å²) >= 11 is 0. The number of benzene rings is 1. The molecular weight excluding hydrogens is 386 g/mol. The molecule has 3 aromatic rings. The number of carbonyl (C=O) groups is 1. The Morgan fingerprint density at radius 2 is 1.80 bits per heavy atom. The van der Waals surface area contributed by atoms with Crippen LogP contribution in [-0.2, 0) is 13.0 Å². The van der Waals surface area contributed by atoms with E-state index in [2.05, 4.69) is 15.3 Å². The SMILES string of the molecule is CCc1c(C(=O)N(C)Cc2ccc(OC)c(OC)c2)cnn1-c1ccc(OC)nn1. The van der Waals surface area contributed by atoms with Crippen molar-refractivity contribution in [3.05, 3.63) is 53.3 Å². The largest absolute Gasteiger partial charge is 0.493 e. The van der Waals surface area contributed by atoms with Crippen LogP contribution in [0.5, 0.6) is 17.4 Å². The minimum absolute atomic E-state index is 0.130. The van der Waals surface area contributed by atoms with Crippen molar-refractivity contribution in [3.8, 4) is 23.2 Å². The van der Waals surface area contributed by atoms with E-state index in [1.807, 2.05) is 25.1 Å². The fourth-order valence-electron chi connectivity index (χ4n) is 3.16. The minimum Gasteiger partial charge on any atom is -0.493 e. The Hall–Kier alpha value is -3.62. The molecule has 0 saturated carbocycles. The number of methoxy groups -OCH3 is 3. The van der Waals surface area contributed by atoms with Gasteiger partial charge in [-0.25, -0.2) is 4.68 Å². The molecule has 0 spiro atoms. The van der Waals surface area contributed by atoms with Gasteiger partial charge in [0.05, 0.1) is 38.8 Å². The van der Waals surface area contributed by atoms with Gasteiger partial charge < -0.3 is 19.1 Å². The second-order valence-electron chi connectivity index (χ2n) is 6.55. The standard InChI is InChI=1S/C21H25N5O4/c1-6-16-15(12-22-26(16)19-9-10-20(30-5)24-23-19)21(27)25(2)13-14-7-8-17(28-3)18(11-14)29-4/h7-12H,6,13H2,1-5H3. The lowest BCUT2D eigenvalue weighted by Crippen LogP contribution is -2.27. The number of amides is 1. The zero-order chi connectivity index (χ0) is 21.7. The fraction of sp³-hybridized carbons (Fsp3) is 0.333. The highest BCUT2D eigenvalue weighted by atomic mass is 16.5. The summed E-state index contributed by atoms with van der Waals surface area (Å²) in [5.41, 5.74) is 2.21. The molecule has 1 amide bonds. The van der Waals surface area contributed by atoms with Crippen LogP contribution < -0.4 is 14.2 Å². The molecule has 0 radical (unpaired) electrons. The molecule has 158 valence electrons. The first-order valence-corrected chi connectivity index (χ1v) is 9.43. The van der Waals surface area contributed by atoms with E-state index >= 15 is 0 Å². The van der Waals surface area contributed by atoms with Gasteiger partial charge in [0.25, 0.3) is 5.91 Å². The van der Waals surface area contributed by atoms with Gasteiger partial charge in [0, 0.05) is 19.7 Å². The Balaban J connectivity index is 1.83. The highest BCUT2D eigenvalue weighted by molar-refractivity contribution is 5.95. The topological polar surface area (TPSA) is 91.6 Å². The summed E-state index contributed by atoms with van der Waals surface area (Å²) in [7, 11) is 6.45. The number of ether oxygens (including phenoxy) is 3. The maximum atomic E-state index is 13.1. The van der Waals surface area contributed by atoms with E-state index in [-0.39, 0.29) is 5.91 Å². The Kier molecular flexibility index (Phi) is 6.51. The smallest absolute Gasteiger partial charge is 0.257 e. The van der Waals surface area contributed by atoms with Gasteiger partial charge in [-0.1, -0.05) is 13.0 Å². The summed E-state index contributed by atoms with van der Waals surface area (Å²) in [5.74, 6) is 2.07. The molecule has 0 aliphatic rings. The first-order chi connectivity index (χ1) is 14.5. The zero-order valence-electron chi connectivity index (χ0n) is 17.7. The average Bonchev–Trinajstić information content (AvgIpc) is 3.22. The van der Waals surface area contributed by atoms with Gasteiger partial charge in [0.2, 0.25) is 5.88 Å². The Morgan fingerprint density at radius 3 is 2.40 bits per heavy atom. The monoisotopic (exact) mass is 411 g/mol. The normalized spacial score (nSPS) is 10.6. The van der Waals surface area contributed by atoms with Gasteiger partial charge in [0.1, 0.15) is 0 Å². The molecule has 30 heavy (non-hydrogen) atoms. The quantitative estimate of drug-likeness (QED) is 0.562. The molecule has 0 N–H and O–H groups in total. The number of rotatable bonds is 8. The Bertz CT molecular complexity index is 1020. The Labute approximate surface area is 175 Å². The van der Waals surface area contributed by atoms with E-state index in [9.17, 15) is 4.79 Å². The average molecular weight is 411 g/mol. The minimum atomic E-state index is -0.130. The lowest BCUT2D eigenvalue weighted by Gasteiger charge is -2.18. The number of nitrogens with zero attached hydrogens (tertiary/aromatic N) is 5. The molecule has 0 saturated heterocycles. The number of aromatic nitrogens is 4. The van der Waals surface area contributed by atoms with Crippen molar-refractivity contribution in [2.75, 3.05) is 28.4 Å². The van der Waals surface area contributed by atoms with Crippen molar-refractivity contribution in [3.63, 3.8) is 0 Å². The Morgan fingerprint density at radius 1 is 1.03 bits per heavy atom. The van der Waals surface area contributed by atoms with Crippen molar-refractivity contribution in [1.29, 1.82) is 0 Å². The van der Waals surface area contributed by atoms with E-state index in [0.29, 0.717) is 41.7 Å². The van der Waals surface area contributed by atoms with E-state index < -0.39 is 0 Å². The predicted molar refractivity (Wildman–Crippen MR) is 110 cm³/mol. The maximum Gasteiger partial charge on any atom is 0.257 e. The third-order valence-electron chi connectivity index (χ3n) is 4.70. The fourth-order valence-corrected chi connectivity index (χ4v) is 3.16. The van der Waals surface area contributed by atoms with Crippen LogP contribution in [0.25, 0.3) is 5.82 Å². The molecule has 2 aromatic heterocycles. The molecule has 0 aliphatic heterocycles. The van der Waals surface area contributed by atoms with E-state index in [4.69, 9.17) is 14.2 Å². The highest BCUT2D eigenvalue weighted by Crippen LogP contribution is 2.28. The zero-order valence-corrected chi connectivity index (χ0v) is 17.7. The number of carbonyl (C=O) groups excluding carboxylic acids is 1. The van der Waals surface area contributed by atoms with Crippen molar-refractivity contribution >= 4 is 5.91 Å². The molecule has 0 atom stereocenters. The van der Waals surface area contributed by atoms with Crippen LogP contribution in [-0.4, -0.2) is 59.2 Å². The molecule has 0 bridgehead atoms. The van der Waals surface area contributed by atoms with Crippen molar-refractivity contribution in [2.45, 2.75) is 19.9 Å². The molecular formula is C21H25N5O4. The van der Waals surface area contributed by atoms with Crippen molar-refractivity contribution < 1.29 is 19.0 Å². The highest BCUT2D eigenvalue weighted by Gasteiger charge is 2.21. The first kappa shape index (κ1) is 21.1. The molecule has 9 nitrogen and oxygen atoms in total. The summed E-state index contributed by atoms with van der Waals surface area (Å²) in [6.07, 6.45) is 2.18. The van der Waals surface area contributed by atoms with Gasteiger partial charge in [-0.15, -0.1) is 10.2 Å². The summed E-state index contributed by atoms with van der Waals surface area (Å²) in [4.78, 5) is 14.8. The van der Waals surface area contributed by atoms with Gasteiger partial charge in [-0.05, 0) is 30.2 Å². The summed E-state index contributed by atoms with van der Waals surface area (Å²) in [5, 5.41) is 12.5. The van der Waals surface area contributed by atoms with Crippen molar-refractivity contribution in [1.82, 2.24) is 24.9 Å². The first-order valence-electron chi connectivity index (χ1n) is 9.43. The van der Waals surface area contributed by atoms with E-state index in [1.54, 1.807) is 49.2 Å². The summed E-state index contributed by atoms with van der Waals surface area (Å²) in [6.45, 7) is 2.38. The number of hydrogen-bond donors (Lipinski definition) is 0. The van der Waals surface area contributed by atoms with Gasteiger partial charge >= 0.3 is 0 Å². The summed E-state index contributed by atoms with van der Waals surface area (Å²) in [6, 6.07) is 9.04. The predicted octanol–water partition coefficient (Wildman–Crippen LogP) is 2.52. The van der Waals surface area contributed by atoms with Gasteiger partial charge in [-0.3, -0.25) is 4.79 Å². The molecule has 9 heteroatoms. The molecule has 0 unspecified atom stereocenters. The molecule has 0 aliphatic carbocycles. The molecule has 0 fully saturated rings. The second-order valence-corrected chi connectivity index (χ2v) is 6.55. The van der Waals surface area contributed by atoms with Crippen LogP contribution in [0, 0.1) is 0 Å². The van der Waals surface area contributed by atoms with Gasteiger partial charge in [0.15, 0.2) is 17.3 Å². The second kappa shape index (κ2) is 9.25. The van der Waals surface area contributed by atoms with Crippen LogP contribution in [0.1, 0.15) is 28.5 Å². The lowest BCUT2D eigenvalue weighted by atomic mass is 10.1. The third kappa shape index (κ3) is 4.19. The number of hydrogen-bond acceptors (Lipinski definition) is 7. The van der Waals surface area contributed by atoms with Crippen LogP contribution in [0.2, 0.25) is 0 Å². The van der Waals surface area contributed by atoms with E-state index in [0.717, 1.165) is 11.3 Å². The molecule has 1 aromatic carbocycles. The van der Waals surface area contributed by atoms with Crippen LogP contribution in [0.3, 0.4) is 0 Å². The van der Waals surface area contributed by atoms with Crippen molar-refractivity contribution in [2.24, 2.45) is 0 Å². The lowest BCUT2D eigenvalue weighted by molar-refractivity contribution is 0.0784. The maximum absolute atomic E-state index is 13.1. The third-order valence-corrected chi connectivity index (χ3v) is 4.70. The van der Waals surface area contributed by atoms with Crippen LogP contribution in [0.4, 0.5) is 0 Å². The summed E-state index contributed by atoms with van der Waals surface area (Å²) < 4.78 is 17.3. The molecule has 2 heterocycles. The molecule has 3 rings (SSSR count). The van der Waals surface area contributed by atoms with Gasteiger partial charge in [-0.2, -0.15) is 5.10 Å².